The first-order valence-electron chi connectivity index (χ1n) is 3.70. The molecule has 56 valence electrons. The van der Waals surface area contributed by atoms with Crippen LogP contribution in [-0.2, 0) is 4.79 Å². The van der Waals surface area contributed by atoms with Gasteiger partial charge in [-0.2, -0.15) is 0 Å². The molecule has 1 aromatic heterocycles. The van der Waals surface area contributed by atoms with Gasteiger partial charge in [0.25, 0.3) is 0 Å². The number of hydrogen-bond acceptors (Lipinski definition) is 1. The highest BCUT2D eigenvalue weighted by atomic mass is 16.1. The van der Waals surface area contributed by atoms with Crippen molar-refractivity contribution >= 4 is 12.4 Å². The zero-order valence-corrected chi connectivity index (χ0v) is 6.10. The Hall–Kier alpha value is -1.31. The van der Waals surface area contributed by atoms with Gasteiger partial charge in [-0.15, -0.1) is 0 Å². The van der Waals surface area contributed by atoms with Crippen molar-refractivity contribution in [2.24, 2.45) is 0 Å². The zero-order chi connectivity index (χ0) is 7.68. The summed E-state index contributed by atoms with van der Waals surface area (Å²) in [5.74, 6) is 0. The quantitative estimate of drug-likeness (QED) is 0.553. The van der Waals surface area contributed by atoms with Gasteiger partial charge in [0.1, 0.15) is 6.29 Å². The lowest BCUT2D eigenvalue weighted by molar-refractivity contribution is -0.110. The zero-order valence-electron chi connectivity index (χ0n) is 6.10. The third-order valence-corrected chi connectivity index (χ3v) is 1.99. The number of hydrogen-bond donors (Lipinski definition) is 0. The number of aldehydes is 1. The second-order valence-electron chi connectivity index (χ2n) is 2.68. The minimum absolute atomic E-state index is 0.0185. The first-order valence-corrected chi connectivity index (χ1v) is 3.70. The molecular formula is C9H9NO. The molecule has 2 heteroatoms. The molecule has 1 aliphatic rings. The summed E-state index contributed by atoms with van der Waals surface area (Å²) in [6, 6.07) is 3.98. The number of carbonyl (C=O) groups excluding carboxylic acids is 1. The maximum atomic E-state index is 10.6. The average molecular weight is 147 g/mol. The lowest BCUT2D eigenvalue weighted by Gasteiger charge is -2.16. The molecule has 0 amide bonds. The van der Waals surface area contributed by atoms with E-state index in [0.717, 1.165) is 18.4 Å². The Balaban J connectivity index is 2.48. The van der Waals surface area contributed by atoms with E-state index < -0.39 is 0 Å². The molecule has 0 N–H and O–H groups in total. The van der Waals surface area contributed by atoms with Crippen LogP contribution in [0, 0.1) is 0 Å². The molecule has 2 heterocycles. The van der Waals surface area contributed by atoms with Gasteiger partial charge in [0, 0.05) is 11.9 Å². The SMILES string of the molecule is O=CC1CC=Cc2cccn21. The number of rotatable bonds is 1. The normalized spacial score (nSPS) is 21.3. The monoisotopic (exact) mass is 147 g/mol. The van der Waals surface area contributed by atoms with Crippen molar-refractivity contribution in [3.8, 4) is 0 Å². The molecule has 0 fully saturated rings. The highest BCUT2D eigenvalue weighted by Crippen LogP contribution is 2.20. The predicted octanol–water partition coefficient (Wildman–Crippen LogP) is 1.65. The van der Waals surface area contributed by atoms with E-state index in [-0.39, 0.29) is 6.04 Å². The Labute approximate surface area is 65.1 Å². The summed E-state index contributed by atoms with van der Waals surface area (Å²) in [6.07, 6.45) is 7.84. The number of carbonyl (C=O) groups is 1. The molecule has 0 aliphatic carbocycles. The van der Waals surface area contributed by atoms with Crippen LogP contribution in [0.2, 0.25) is 0 Å². The van der Waals surface area contributed by atoms with E-state index >= 15 is 0 Å². The van der Waals surface area contributed by atoms with Crippen LogP contribution in [0.5, 0.6) is 0 Å². The molecule has 0 saturated heterocycles. The summed E-state index contributed by atoms with van der Waals surface area (Å²) in [5, 5.41) is 0. The minimum atomic E-state index is 0.0185. The fraction of sp³-hybridized carbons (Fsp3) is 0.222. The van der Waals surface area contributed by atoms with E-state index in [2.05, 4.69) is 0 Å². The van der Waals surface area contributed by atoms with Crippen LogP contribution in [0.4, 0.5) is 0 Å². The highest BCUT2D eigenvalue weighted by molar-refractivity contribution is 5.61. The Kier molecular flexibility index (Phi) is 1.39. The molecule has 11 heavy (non-hydrogen) atoms. The number of aromatic nitrogens is 1. The smallest absolute Gasteiger partial charge is 0.143 e. The third-order valence-electron chi connectivity index (χ3n) is 1.99. The van der Waals surface area contributed by atoms with Gasteiger partial charge in [0.15, 0.2) is 0 Å². The fourth-order valence-corrected chi connectivity index (χ4v) is 1.41. The maximum absolute atomic E-state index is 10.6. The van der Waals surface area contributed by atoms with E-state index in [1.807, 2.05) is 35.0 Å². The fourth-order valence-electron chi connectivity index (χ4n) is 1.41. The molecular weight excluding hydrogens is 138 g/mol. The van der Waals surface area contributed by atoms with Crippen molar-refractivity contribution in [1.82, 2.24) is 4.57 Å². The Morgan fingerprint density at radius 3 is 3.36 bits per heavy atom. The van der Waals surface area contributed by atoms with Crippen LogP contribution >= 0.6 is 0 Å². The van der Waals surface area contributed by atoms with Crippen molar-refractivity contribution in [3.05, 3.63) is 30.1 Å². The Morgan fingerprint density at radius 2 is 2.55 bits per heavy atom. The topological polar surface area (TPSA) is 22.0 Å². The van der Waals surface area contributed by atoms with E-state index in [0.29, 0.717) is 0 Å². The number of allylic oxidation sites excluding steroid dienone is 1. The molecule has 1 aliphatic heterocycles. The van der Waals surface area contributed by atoms with Gasteiger partial charge in [-0.3, -0.25) is 0 Å². The number of nitrogens with zero attached hydrogens (tertiary/aromatic N) is 1. The van der Waals surface area contributed by atoms with Gasteiger partial charge in [-0.1, -0.05) is 6.08 Å². The summed E-state index contributed by atoms with van der Waals surface area (Å²) in [6.45, 7) is 0. The first-order chi connectivity index (χ1) is 5.42. The molecule has 1 aromatic rings. The van der Waals surface area contributed by atoms with Gasteiger partial charge >= 0.3 is 0 Å². The molecule has 1 atom stereocenters. The second-order valence-corrected chi connectivity index (χ2v) is 2.68. The summed E-state index contributed by atoms with van der Waals surface area (Å²) < 4.78 is 1.99. The molecule has 0 bridgehead atoms. The van der Waals surface area contributed by atoms with Gasteiger partial charge in [0.05, 0.1) is 6.04 Å². The van der Waals surface area contributed by atoms with Crippen molar-refractivity contribution in [2.45, 2.75) is 12.5 Å². The molecule has 0 spiro atoms. The minimum Gasteiger partial charge on any atom is -0.337 e. The standard InChI is InChI=1S/C9H9NO/c11-7-9-4-1-3-8-5-2-6-10(8)9/h1-3,5-7,9H,4H2. The Morgan fingerprint density at radius 1 is 1.64 bits per heavy atom. The van der Waals surface area contributed by atoms with Crippen LogP contribution < -0.4 is 0 Å². The van der Waals surface area contributed by atoms with Crippen molar-refractivity contribution in [3.63, 3.8) is 0 Å². The largest absolute Gasteiger partial charge is 0.337 e. The third kappa shape index (κ3) is 0.909. The molecule has 0 aromatic carbocycles. The Bertz CT molecular complexity index is 298. The van der Waals surface area contributed by atoms with Gasteiger partial charge in [-0.25, -0.2) is 0 Å². The number of fused-ring (bicyclic) bond motifs is 1. The molecule has 2 nitrogen and oxygen atoms in total. The predicted molar refractivity (Wildman–Crippen MR) is 43.2 cm³/mol. The maximum Gasteiger partial charge on any atom is 0.143 e. The molecule has 0 radical (unpaired) electrons. The van der Waals surface area contributed by atoms with Crippen LogP contribution in [0.15, 0.2) is 24.4 Å². The first kappa shape index (κ1) is 6.40. The van der Waals surface area contributed by atoms with E-state index in [4.69, 9.17) is 0 Å². The van der Waals surface area contributed by atoms with Crippen LogP contribution in [-0.4, -0.2) is 10.9 Å². The van der Waals surface area contributed by atoms with Crippen molar-refractivity contribution in [2.75, 3.05) is 0 Å². The van der Waals surface area contributed by atoms with Crippen molar-refractivity contribution < 1.29 is 4.79 Å². The van der Waals surface area contributed by atoms with E-state index in [9.17, 15) is 4.79 Å². The second kappa shape index (κ2) is 2.38. The lowest BCUT2D eigenvalue weighted by atomic mass is 10.1. The highest BCUT2D eigenvalue weighted by Gasteiger charge is 2.12. The molecule has 0 saturated carbocycles. The summed E-state index contributed by atoms with van der Waals surface area (Å²) in [5.41, 5.74) is 1.12. The average Bonchev–Trinajstić information content (AvgIpc) is 2.50. The summed E-state index contributed by atoms with van der Waals surface area (Å²) >= 11 is 0. The van der Waals surface area contributed by atoms with E-state index in [1.165, 1.54) is 0 Å². The van der Waals surface area contributed by atoms with Crippen molar-refractivity contribution in [1.29, 1.82) is 0 Å². The van der Waals surface area contributed by atoms with Crippen LogP contribution in [0.25, 0.3) is 6.08 Å². The summed E-state index contributed by atoms with van der Waals surface area (Å²) in [4.78, 5) is 10.6. The van der Waals surface area contributed by atoms with E-state index in [1.54, 1.807) is 0 Å². The summed E-state index contributed by atoms with van der Waals surface area (Å²) in [7, 11) is 0. The van der Waals surface area contributed by atoms with Gasteiger partial charge in [0.2, 0.25) is 0 Å². The lowest BCUT2D eigenvalue weighted by Crippen LogP contribution is -2.12. The van der Waals surface area contributed by atoms with Crippen LogP contribution in [0.3, 0.4) is 0 Å². The molecule has 2 rings (SSSR count). The van der Waals surface area contributed by atoms with Gasteiger partial charge < -0.3 is 9.36 Å². The molecule has 1 unspecified atom stereocenters. The van der Waals surface area contributed by atoms with Crippen LogP contribution in [0.1, 0.15) is 18.2 Å². The van der Waals surface area contributed by atoms with Gasteiger partial charge in [-0.05, 0) is 24.6 Å².